The summed E-state index contributed by atoms with van der Waals surface area (Å²) in [6.07, 6.45) is 7.98. The van der Waals surface area contributed by atoms with Crippen molar-refractivity contribution < 1.29 is 0 Å². The fraction of sp³-hybridized carbons (Fsp3) is 0.875. The van der Waals surface area contributed by atoms with Crippen molar-refractivity contribution in [3.05, 3.63) is 6.92 Å². The minimum absolute atomic E-state index is 0.931. The second-order valence-electron chi connectivity index (χ2n) is 2.37. The average Bonchev–Trinajstić information content (AvgIpc) is 2.00. The number of unbranched alkanes of at least 4 members (excludes halogenated alkanes) is 5. The first-order valence-electron chi connectivity index (χ1n) is 4.24. The van der Waals surface area contributed by atoms with E-state index in [0.29, 0.717) is 0 Å². The molecule has 0 aliphatic heterocycles. The van der Waals surface area contributed by atoms with Gasteiger partial charge in [-0.2, -0.15) is 0 Å². The van der Waals surface area contributed by atoms with Gasteiger partial charge in [0.1, 0.15) is 0 Å². The third kappa shape index (κ3) is 24.7. The average molecular weight is 255 g/mol. The minimum atomic E-state index is -0.931. The van der Waals surface area contributed by atoms with Crippen LogP contribution in [-0.4, -0.2) is 15.4 Å². The Morgan fingerprint density at radius 1 is 1.09 bits per heavy atom. The molecule has 0 amide bonds. The molecule has 0 unspecified atom stereocenters. The molecule has 3 heteroatoms. The van der Waals surface area contributed by atoms with Gasteiger partial charge in [-0.05, 0) is 0 Å². The van der Waals surface area contributed by atoms with Crippen molar-refractivity contribution in [3.63, 3.8) is 0 Å². The van der Waals surface area contributed by atoms with Crippen LogP contribution >= 0.6 is 19.3 Å². The number of hydrogen-bond acceptors (Lipinski definition) is 0. The van der Waals surface area contributed by atoms with Crippen LogP contribution in [0.1, 0.15) is 45.4 Å². The first-order valence-corrected chi connectivity index (χ1v) is 12.0. The molecular weight excluding hydrogens is 237 g/mol. The summed E-state index contributed by atoms with van der Waals surface area (Å²) in [6, 6.07) is 0. The zero-order valence-corrected chi connectivity index (χ0v) is 11.9. The number of halogens is 2. The van der Waals surface area contributed by atoms with Gasteiger partial charge in [0.05, 0.1) is 0 Å². The molecule has 67 valence electrons. The Morgan fingerprint density at radius 3 is 1.91 bits per heavy atom. The molecule has 0 aliphatic carbocycles. The first kappa shape index (κ1) is 14.7. The Labute approximate surface area is 86.9 Å². The predicted molar refractivity (Wildman–Crippen MR) is 57.6 cm³/mol. The molecule has 0 aliphatic rings. The van der Waals surface area contributed by atoms with Gasteiger partial charge < -0.3 is 0 Å². The summed E-state index contributed by atoms with van der Waals surface area (Å²) in [5.41, 5.74) is 0. The molecule has 11 heavy (non-hydrogen) atoms. The number of rotatable bonds is 5. The van der Waals surface area contributed by atoms with Crippen LogP contribution in [-0.2, 0) is 0 Å². The molecule has 0 saturated carbocycles. The molecule has 0 aromatic carbocycles. The van der Waals surface area contributed by atoms with Gasteiger partial charge in [-0.1, -0.05) is 52.4 Å². The van der Waals surface area contributed by atoms with Crippen LogP contribution < -0.4 is 0 Å². The van der Waals surface area contributed by atoms with Crippen LogP contribution in [0.5, 0.6) is 0 Å². The van der Waals surface area contributed by atoms with E-state index in [1.807, 2.05) is 0 Å². The normalized spacial score (nSPS) is 8.36. The molecule has 0 fully saturated rings. The Morgan fingerprint density at radius 2 is 1.55 bits per heavy atom. The van der Waals surface area contributed by atoms with Crippen LogP contribution in [0.15, 0.2) is 0 Å². The summed E-state index contributed by atoms with van der Waals surface area (Å²) in [6.45, 7) is 6.02. The van der Waals surface area contributed by atoms with Gasteiger partial charge in [-0.3, -0.25) is 0 Å². The van der Waals surface area contributed by atoms with Crippen LogP contribution in [0, 0.1) is 6.92 Å². The summed E-state index contributed by atoms with van der Waals surface area (Å²) in [7, 11) is 9.90. The van der Waals surface area contributed by atoms with E-state index >= 15 is 0 Å². The molecule has 1 radical (unpaired) electrons. The third-order valence-electron chi connectivity index (χ3n) is 1.35. The molecular formula is C8H18Cl2Ga. The van der Waals surface area contributed by atoms with E-state index in [2.05, 4.69) is 13.8 Å². The summed E-state index contributed by atoms with van der Waals surface area (Å²) < 4.78 is 0. The van der Waals surface area contributed by atoms with E-state index in [1.165, 1.54) is 32.1 Å². The van der Waals surface area contributed by atoms with E-state index < -0.39 is 15.4 Å². The van der Waals surface area contributed by atoms with Gasteiger partial charge in [0.25, 0.3) is 0 Å². The van der Waals surface area contributed by atoms with E-state index in [0.717, 1.165) is 6.42 Å². The van der Waals surface area contributed by atoms with Gasteiger partial charge in [-0.15, -0.1) is 0 Å². The van der Waals surface area contributed by atoms with Crippen LogP contribution in [0.25, 0.3) is 0 Å². The molecule has 0 atom stereocenters. The van der Waals surface area contributed by atoms with Gasteiger partial charge in [-0.25, -0.2) is 0 Å². The van der Waals surface area contributed by atoms with Crippen molar-refractivity contribution in [2.45, 2.75) is 45.4 Å². The zero-order valence-electron chi connectivity index (χ0n) is 7.41. The molecule has 0 aromatic heterocycles. The van der Waals surface area contributed by atoms with Crippen molar-refractivity contribution in [1.29, 1.82) is 0 Å². The van der Waals surface area contributed by atoms with Crippen molar-refractivity contribution in [2.24, 2.45) is 0 Å². The molecule has 0 bridgehead atoms. The Hall–Kier alpha value is 1.22. The van der Waals surface area contributed by atoms with Crippen LogP contribution in [0.2, 0.25) is 0 Å². The number of hydrogen-bond donors (Lipinski definition) is 0. The van der Waals surface area contributed by atoms with Crippen molar-refractivity contribution >= 4 is 34.7 Å². The van der Waals surface area contributed by atoms with Gasteiger partial charge in [0.15, 0.2) is 0 Å². The molecule has 0 spiro atoms. The standard InChI is InChI=1S/C8H17.2ClH.Ga.H/c1-3-5-7-8-6-4-2;;;;/h1,3-8H2,2H3;2*1H;;/q;;;+2;/p-2. The fourth-order valence-corrected chi connectivity index (χ4v) is 0.780. The predicted octanol–water partition coefficient (Wildman–Crippen LogP) is 3.91. The Bertz CT molecular complexity index is 45.4. The maximum absolute atomic E-state index is 4.95. The second-order valence-corrected chi connectivity index (χ2v) is 6.99. The monoisotopic (exact) mass is 253 g/mol. The van der Waals surface area contributed by atoms with Crippen molar-refractivity contribution in [2.75, 3.05) is 0 Å². The van der Waals surface area contributed by atoms with Gasteiger partial charge >= 0.3 is 34.7 Å². The summed E-state index contributed by atoms with van der Waals surface area (Å²) >= 11 is -0.931. The van der Waals surface area contributed by atoms with E-state index in [1.54, 1.807) is 0 Å². The quantitative estimate of drug-likeness (QED) is 0.516. The molecule has 0 rings (SSSR count). The van der Waals surface area contributed by atoms with Crippen LogP contribution in [0.3, 0.4) is 0 Å². The zero-order chi connectivity index (χ0) is 8.95. The SMILES string of the molecule is [CH2]CCCCCCC.[Cl][GaH][Cl]. The Balaban J connectivity index is 0. The van der Waals surface area contributed by atoms with E-state index in [-0.39, 0.29) is 0 Å². The van der Waals surface area contributed by atoms with Crippen molar-refractivity contribution in [1.82, 2.24) is 0 Å². The molecule has 0 nitrogen and oxygen atoms in total. The molecule has 0 heterocycles. The second kappa shape index (κ2) is 17.3. The molecule has 0 aromatic rings. The molecule has 0 N–H and O–H groups in total. The third-order valence-corrected chi connectivity index (χ3v) is 1.35. The van der Waals surface area contributed by atoms with Gasteiger partial charge in [0.2, 0.25) is 0 Å². The summed E-state index contributed by atoms with van der Waals surface area (Å²) in [4.78, 5) is 0. The maximum atomic E-state index is 4.95. The van der Waals surface area contributed by atoms with Crippen LogP contribution in [0.4, 0.5) is 0 Å². The summed E-state index contributed by atoms with van der Waals surface area (Å²) in [5.74, 6) is 0. The van der Waals surface area contributed by atoms with E-state index in [4.69, 9.17) is 19.3 Å². The summed E-state index contributed by atoms with van der Waals surface area (Å²) in [5, 5.41) is 0. The Kier molecular flexibility index (Phi) is 23.2. The first-order chi connectivity index (χ1) is 5.33. The van der Waals surface area contributed by atoms with Gasteiger partial charge in [0, 0.05) is 0 Å². The topological polar surface area (TPSA) is 0 Å². The van der Waals surface area contributed by atoms with E-state index in [9.17, 15) is 0 Å². The molecule has 0 saturated heterocycles. The van der Waals surface area contributed by atoms with Crippen molar-refractivity contribution in [3.8, 4) is 0 Å². The fourth-order valence-electron chi connectivity index (χ4n) is 0.780.